The van der Waals surface area contributed by atoms with Crippen molar-refractivity contribution < 1.29 is 13.2 Å². The lowest BCUT2D eigenvalue weighted by atomic mass is 10.1. The number of aromatic nitrogens is 2. The first-order valence-electron chi connectivity index (χ1n) is 6.28. The van der Waals surface area contributed by atoms with Gasteiger partial charge in [-0.1, -0.05) is 19.1 Å². The minimum Gasteiger partial charge on any atom is -0.372 e. The zero-order valence-corrected chi connectivity index (χ0v) is 13.6. The number of aryl methyl sites for hydroxylation is 1. The number of alkyl halides is 3. The van der Waals surface area contributed by atoms with Gasteiger partial charge in [0.1, 0.15) is 5.82 Å². The van der Waals surface area contributed by atoms with Crippen LogP contribution in [0.3, 0.4) is 0 Å². The Morgan fingerprint density at radius 1 is 1.24 bits per heavy atom. The molecule has 0 radical (unpaired) electrons. The molecule has 1 aromatic heterocycles. The van der Waals surface area contributed by atoms with Crippen molar-refractivity contribution in [2.24, 2.45) is 0 Å². The fourth-order valence-corrected chi connectivity index (χ4v) is 2.75. The molecule has 0 unspecified atom stereocenters. The van der Waals surface area contributed by atoms with Crippen LogP contribution in [0.5, 0.6) is 0 Å². The quantitative estimate of drug-likeness (QED) is 0.769. The number of halogens is 4. The molecule has 21 heavy (non-hydrogen) atoms. The molecule has 3 nitrogen and oxygen atoms in total. The van der Waals surface area contributed by atoms with Crippen molar-refractivity contribution in [3.05, 3.63) is 39.1 Å². The van der Waals surface area contributed by atoms with Crippen molar-refractivity contribution in [2.75, 3.05) is 12.4 Å². The maximum Gasteiger partial charge on any atom is 0.416 e. The Morgan fingerprint density at radius 2 is 1.95 bits per heavy atom. The third kappa shape index (κ3) is 3.45. The summed E-state index contributed by atoms with van der Waals surface area (Å²) in [6.07, 6.45) is -3.69. The van der Waals surface area contributed by atoms with Gasteiger partial charge in [-0.05, 0) is 41.1 Å². The first-order chi connectivity index (χ1) is 9.86. The Morgan fingerprint density at radius 3 is 2.52 bits per heavy atom. The minimum absolute atomic E-state index is 0.294. The van der Waals surface area contributed by atoms with Gasteiger partial charge in [-0.2, -0.15) is 13.2 Å². The first kappa shape index (κ1) is 16.0. The highest BCUT2D eigenvalue weighted by Crippen LogP contribution is 2.32. The van der Waals surface area contributed by atoms with Crippen molar-refractivity contribution in [3.8, 4) is 11.4 Å². The fourth-order valence-electron chi connectivity index (χ4n) is 1.86. The highest BCUT2D eigenvalue weighted by molar-refractivity contribution is 14.1. The molecule has 0 atom stereocenters. The molecular formula is C14H13F3IN3. The number of hydrogen-bond donors (Lipinski definition) is 1. The van der Waals surface area contributed by atoms with Crippen molar-refractivity contribution in [2.45, 2.75) is 19.5 Å². The summed E-state index contributed by atoms with van der Waals surface area (Å²) in [6, 6.07) is 5.05. The van der Waals surface area contributed by atoms with Gasteiger partial charge in [-0.15, -0.1) is 0 Å². The van der Waals surface area contributed by atoms with Crippen LogP contribution in [0.15, 0.2) is 24.3 Å². The van der Waals surface area contributed by atoms with E-state index in [4.69, 9.17) is 0 Å². The van der Waals surface area contributed by atoms with Crippen LogP contribution < -0.4 is 5.32 Å². The maximum absolute atomic E-state index is 12.8. The molecule has 0 aliphatic carbocycles. The monoisotopic (exact) mass is 407 g/mol. The van der Waals surface area contributed by atoms with E-state index in [2.05, 4.69) is 37.9 Å². The van der Waals surface area contributed by atoms with Crippen molar-refractivity contribution in [1.29, 1.82) is 0 Å². The van der Waals surface area contributed by atoms with Crippen LogP contribution in [0.2, 0.25) is 0 Å². The van der Waals surface area contributed by atoms with Gasteiger partial charge in [0, 0.05) is 12.6 Å². The minimum atomic E-state index is -4.38. The third-order valence-corrected chi connectivity index (χ3v) is 4.07. The SMILES string of the molecule is CCc1nc(-c2cccc(C(F)(F)F)c2)nc(NC)c1I. The van der Waals surface area contributed by atoms with E-state index in [0.717, 1.165) is 21.4 Å². The summed E-state index contributed by atoms with van der Waals surface area (Å²) in [5, 5.41) is 2.94. The van der Waals surface area contributed by atoms with Gasteiger partial charge in [-0.3, -0.25) is 0 Å². The van der Waals surface area contributed by atoms with E-state index >= 15 is 0 Å². The van der Waals surface area contributed by atoms with Gasteiger partial charge in [0.05, 0.1) is 14.8 Å². The predicted octanol–water partition coefficient (Wildman–Crippen LogP) is 4.37. The van der Waals surface area contributed by atoms with Crippen LogP contribution in [0.1, 0.15) is 18.2 Å². The summed E-state index contributed by atoms with van der Waals surface area (Å²) in [6.45, 7) is 1.94. The van der Waals surface area contributed by atoms with E-state index in [1.807, 2.05) is 6.92 Å². The largest absolute Gasteiger partial charge is 0.416 e. The normalized spacial score (nSPS) is 11.5. The highest BCUT2D eigenvalue weighted by Gasteiger charge is 2.30. The second-order valence-corrected chi connectivity index (χ2v) is 5.42. The summed E-state index contributed by atoms with van der Waals surface area (Å²) < 4.78 is 39.2. The van der Waals surface area contributed by atoms with Crippen molar-refractivity contribution in [3.63, 3.8) is 0 Å². The molecule has 1 aromatic carbocycles. The van der Waals surface area contributed by atoms with Crippen molar-refractivity contribution in [1.82, 2.24) is 9.97 Å². The second-order valence-electron chi connectivity index (χ2n) is 4.34. The summed E-state index contributed by atoms with van der Waals surface area (Å²) in [5.41, 5.74) is 0.459. The van der Waals surface area contributed by atoms with Gasteiger partial charge >= 0.3 is 6.18 Å². The zero-order valence-electron chi connectivity index (χ0n) is 11.4. The number of nitrogens with one attached hydrogen (secondary N) is 1. The van der Waals surface area contributed by atoms with Gasteiger partial charge in [-0.25, -0.2) is 9.97 Å². The predicted molar refractivity (Wildman–Crippen MR) is 84.1 cm³/mol. The Kier molecular flexibility index (Phi) is 4.70. The number of anilines is 1. The highest BCUT2D eigenvalue weighted by atomic mass is 127. The van der Waals surface area contributed by atoms with Crippen LogP contribution in [0, 0.1) is 3.57 Å². The van der Waals surface area contributed by atoms with Gasteiger partial charge in [0.2, 0.25) is 0 Å². The molecule has 2 rings (SSSR count). The molecular weight excluding hydrogens is 394 g/mol. The smallest absolute Gasteiger partial charge is 0.372 e. The molecule has 0 saturated carbocycles. The topological polar surface area (TPSA) is 37.8 Å². The maximum atomic E-state index is 12.8. The van der Waals surface area contributed by atoms with Crippen LogP contribution in [-0.4, -0.2) is 17.0 Å². The third-order valence-electron chi connectivity index (χ3n) is 2.94. The second kappa shape index (κ2) is 6.17. The van der Waals surface area contributed by atoms with Gasteiger partial charge < -0.3 is 5.32 Å². The molecule has 0 aliphatic heterocycles. The first-order valence-corrected chi connectivity index (χ1v) is 7.36. The molecule has 0 spiro atoms. The molecule has 0 bridgehead atoms. The lowest BCUT2D eigenvalue weighted by Gasteiger charge is -2.12. The van der Waals surface area contributed by atoms with E-state index in [-0.39, 0.29) is 0 Å². The Labute approximate surface area is 134 Å². The number of hydrogen-bond acceptors (Lipinski definition) is 3. The molecule has 0 amide bonds. The summed E-state index contributed by atoms with van der Waals surface area (Å²) in [7, 11) is 1.72. The molecule has 112 valence electrons. The molecule has 2 aromatic rings. The number of benzene rings is 1. The molecule has 1 N–H and O–H groups in total. The zero-order chi connectivity index (χ0) is 15.6. The molecule has 1 heterocycles. The average molecular weight is 407 g/mol. The Bertz CT molecular complexity index is 631. The van der Waals surface area contributed by atoms with Crippen LogP contribution in [-0.2, 0) is 12.6 Å². The van der Waals surface area contributed by atoms with Crippen LogP contribution in [0.25, 0.3) is 11.4 Å². The van der Waals surface area contributed by atoms with Crippen LogP contribution in [0.4, 0.5) is 19.0 Å². The van der Waals surface area contributed by atoms with E-state index in [1.54, 1.807) is 13.1 Å². The van der Waals surface area contributed by atoms with E-state index in [0.29, 0.717) is 23.6 Å². The fraction of sp³-hybridized carbons (Fsp3) is 0.286. The standard InChI is InChI=1S/C14H13F3IN3/c1-3-10-11(18)13(19-2)21-12(20-10)8-5-4-6-9(7-8)14(15,16)17/h4-7H,3H2,1-2H3,(H,19,20,21). The number of rotatable bonds is 3. The lowest BCUT2D eigenvalue weighted by molar-refractivity contribution is -0.137. The summed E-state index contributed by atoms with van der Waals surface area (Å²) >= 11 is 2.13. The Hall–Kier alpha value is -1.38. The van der Waals surface area contributed by atoms with Crippen LogP contribution >= 0.6 is 22.6 Å². The average Bonchev–Trinajstić information content (AvgIpc) is 2.46. The van der Waals surface area contributed by atoms with E-state index < -0.39 is 11.7 Å². The molecule has 7 heteroatoms. The summed E-state index contributed by atoms with van der Waals surface area (Å²) in [4.78, 5) is 8.66. The Balaban J connectivity index is 2.57. The van der Waals surface area contributed by atoms with Gasteiger partial charge in [0.25, 0.3) is 0 Å². The van der Waals surface area contributed by atoms with Crippen molar-refractivity contribution >= 4 is 28.4 Å². The van der Waals surface area contributed by atoms with E-state index in [1.165, 1.54) is 6.07 Å². The molecule has 0 fully saturated rings. The summed E-state index contributed by atoms with van der Waals surface area (Å²) in [5.74, 6) is 0.914. The van der Waals surface area contributed by atoms with Gasteiger partial charge in [0.15, 0.2) is 5.82 Å². The number of nitrogens with zero attached hydrogens (tertiary/aromatic N) is 2. The molecule has 0 saturated heterocycles. The van der Waals surface area contributed by atoms with E-state index in [9.17, 15) is 13.2 Å². The molecule has 0 aliphatic rings. The lowest BCUT2D eigenvalue weighted by Crippen LogP contribution is -2.07.